The number of fused-ring (bicyclic) bond motifs is 1. The van der Waals surface area contributed by atoms with Gasteiger partial charge in [-0.2, -0.15) is 0 Å². The van der Waals surface area contributed by atoms with E-state index < -0.39 is 18.1 Å². The monoisotopic (exact) mass is 791 g/mol. The van der Waals surface area contributed by atoms with Crippen molar-refractivity contribution in [2.24, 2.45) is 11.8 Å². The van der Waals surface area contributed by atoms with E-state index in [9.17, 15) is 19.2 Å². The van der Waals surface area contributed by atoms with E-state index >= 15 is 0 Å². The molecule has 3 N–H and O–H groups in total. The molecule has 8 rings (SSSR count). The van der Waals surface area contributed by atoms with Gasteiger partial charge in [-0.15, -0.1) is 0 Å². The SMILES string of the molecule is O=C1N[C@@H](C(Cc2ccc(-c3ccccc3)cc2)N(CC2CCN(C(=O)OCc3ccccc3)CC2)C(=O)C2CCCNC2)C(=O)N[C@H]1Cc1ccc2ccccc2c1. The fourth-order valence-corrected chi connectivity index (χ4v) is 8.85. The highest BCUT2D eigenvalue weighted by atomic mass is 16.6. The van der Waals surface area contributed by atoms with E-state index in [2.05, 4.69) is 64.5 Å². The molecular formula is C49H53N5O5. The molecule has 3 saturated heterocycles. The van der Waals surface area contributed by atoms with E-state index in [0.29, 0.717) is 51.9 Å². The van der Waals surface area contributed by atoms with Crippen LogP contribution in [-0.2, 0) is 38.6 Å². The van der Waals surface area contributed by atoms with Gasteiger partial charge in [0.2, 0.25) is 17.7 Å². The first-order valence-electron chi connectivity index (χ1n) is 21.1. The van der Waals surface area contributed by atoms with Crippen LogP contribution in [0.4, 0.5) is 4.79 Å². The van der Waals surface area contributed by atoms with Gasteiger partial charge in [0.15, 0.2) is 0 Å². The van der Waals surface area contributed by atoms with Crippen molar-refractivity contribution >= 4 is 34.6 Å². The van der Waals surface area contributed by atoms with Gasteiger partial charge in [-0.05, 0) is 83.2 Å². The van der Waals surface area contributed by atoms with E-state index in [4.69, 9.17) is 4.74 Å². The molecule has 10 heteroatoms. The topological polar surface area (TPSA) is 120 Å². The van der Waals surface area contributed by atoms with Gasteiger partial charge in [0.25, 0.3) is 0 Å². The largest absolute Gasteiger partial charge is 0.445 e. The van der Waals surface area contributed by atoms with Crippen LogP contribution in [0.5, 0.6) is 0 Å². The fourth-order valence-electron chi connectivity index (χ4n) is 8.85. The Balaban J connectivity index is 1.03. The van der Waals surface area contributed by atoms with Crippen molar-refractivity contribution in [3.05, 3.63) is 144 Å². The van der Waals surface area contributed by atoms with E-state index in [1.54, 1.807) is 4.90 Å². The van der Waals surface area contributed by atoms with Crippen molar-refractivity contribution < 1.29 is 23.9 Å². The Morgan fingerprint density at radius 2 is 1.39 bits per heavy atom. The number of nitrogens with one attached hydrogen (secondary N) is 3. The highest BCUT2D eigenvalue weighted by Gasteiger charge is 2.44. The summed E-state index contributed by atoms with van der Waals surface area (Å²) in [5.74, 6) is -0.728. The summed E-state index contributed by atoms with van der Waals surface area (Å²) < 4.78 is 5.64. The second kappa shape index (κ2) is 18.7. The van der Waals surface area contributed by atoms with Gasteiger partial charge in [-0.25, -0.2) is 4.79 Å². The van der Waals surface area contributed by atoms with Crippen LogP contribution in [0.1, 0.15) is 42.4 Å². The molecule has 5 aromatic carbocycles. The van der Waals surface area contributed by atoms with Crippen LogP contribution >= 0.6 is 0 Å². The lowest BCUT2D eigenvalue weighted by Gasteiger charge is -2.44. The Morgan fingerprint density at radius 3 is 2.12 bits per heavy atom. The molecule has 0 bridgehead atoms. The summed E-state index contributed by atoms with van der Waals surface area (Å²) in [6.07, 6.45) is 3.39. The Hall–Kier alpha value is -6.00. The zero-order valence-corrected chi connectivity index (χ0v) is 33.4. The predicted molar refractivity (Wildman–Crippen MR) is 229 cm³/mol. The molecule has 0 aliphatic carbocycles. The van der Waals surface area contributed by atoms with Gasteiger partial charge in [-0.1, -0.05) is 127 Å². The summed E-state index contributed by atoms with van der Waals surface area (Å²) in [6, 6.07) is 39.9. The minimum absolute atomic E-state index is 0.00635. The van der Waals surface area contributed by atoms with E-state index in [0.717, 1.165) is 58.0 Å². The van der Waals surface area contributed by atoms with Crippen LogP contribution in [0.15, 0.2) is 127 Å². The Bertz CT molecular complexity index is 2220. The third-order valence-electron chi connectivity index (χ3n) is 12.2. The molecule has 2 unspecified atom stereocenters. The lowest BCUT2D eigenvalue weighted by Crippen LogP contribution is -2.69. The number of ether oxygens (including phenoxy) is 1. The number of nitrogens with zero attached hydrogens (tertiary/aromatic N) is 2. The number of amides is 4. The Kier molecular flexibility index (Phi) is 12.6. The number of carbonyl (C=O) groups excluding carboxylic acids is 4. The number of carbonyl (C=O) groups is 4. The van der Waals surface area contributed by atoms with Gasteiger partial charge >= 0.3 is 6.09 Å². The minimum atomic E-state index is -0.960. The maximum Gasteiger partial charge on any atom is 0.410 e. The van der Waals surface area contributed by atoms with Gasteiger partial charge in [0.1, 0.15) is 18.7 Å². The first kappa shape index (κ1) is 39.8. The van der Waals surface area contributed by atoms with Crippen molar-refractivity contribution in [2.75, 3.05) is 32.7 Å². The first-order chi connectivity index (χ1) is 28.9. The summed E-state index contributed by atoms with van der Waals surface area (Å²) in [5, 5.41) is 11.8. The number of benzene rings is 5. The van der Waals surface area contributed by atoms with E-state index in [1.807, 2.05) is 83.8 Å². The summed E-state index contributed by atoms with van der Waals surface area (Å²) in [6.45, 7) is 3.07. The lowest BCUT2D eigenvalue weighted by atomic mass is 9.88. The summed E-state index contributed by atoms with van der Waals surface area (Å²) in [5.41, 5.74) is 5.02. The summed E-state index contributed by atoms with van der Waals surface area (Å²) in [4.78, 5) is 59.9. The number of hydrogen-bond acceptors (Lipinski definition) is 6. The molecule has 5 aromatic rings. The van der Waals surface area contributed by atoms with Crippen molar-refractivity contribution in [1.82, 2.24) is 25.8 Å². The van der Waals surface area contributed by atoms with Gasteiger partial charge in [0, 0.05) is 32.6 Å². The van der Waals surface area contributed by atoms with Crippen molar-refractivity contribution in [3.8, 4) is 11.1 Å². The zero-order chi connectivity index (χ0) is 40.6. The molecule has 304 valence electrons. The molecule has 3 aliphatic rings. The van der Waals surface area contributed by atoms with Crippen LogP contribution in [-0.4, -0.2) is 84.5 Å². The second-order valence-corrected chi connectivity index (χ2v) is 16.3. The maximum atomic E-state index is 14.8. The third-order valence-corrected chi connectivity index (χ3v) is 12.2. The molecule has 4 amide bonds. The standard InChI is InChI=1S/C49H53N5O5/c55-46-43(29-37-19-22-39-14-7-8-15-41(39)28-37)51-47(56)45(52-46)44(30-34-17-20-40(21-18-34)38-12-5-2-6-13-38)54(48(57)42-16-9-25-50-31-42)32-35-23-26-53(27-24-35)49(58)59-33-36-10-3-1-4-11-36/h1-8,10-15,17-22,28,35,42-45,50H,9,16,23-27,29-33H2,(H,51,56)(H,52,55)/t42?,43-,44?,45-/m0/s1. The zero-order valence-electron chi connectivity index (χ0n) is 33.4. The van der Waals surface area contributed by atoms with Crippen molar-refractivity contribution in [2.45, 2.75) is 63.3 Å². The average molecular weight is 792 g/mol. The molecular weight excluding hydrogens is 739 g/mol. The molecule has 0 spiro atoms. The van der Waals surface area contributed by atoms with Crippen molar-refractivity contribution in [1.29, 1.82) is 0 Å². The molecule has 3 heterocycles. The fraction of sp³-hybridized carbons (Fsp3) is 0.347. The van der Waals surface area contributed by atoms with E-state index in [1.165, 1.54) is 0 Å². The number of piperazine rings is 1. The quantitative estimate of drug-likeness (QED) is 0.133. The van der Waals surface area contributed by atoms with Gasteiger partial charge < -0.3 is 30.5 Å². The summed E-state index contributed by atoms with van der Waals surface area (Å²) in [7, 11) is 0. The first-order valence-corrected chi connectivity index (χ1v) is 21.1. The second-order valence-electron chi connectivity index (χ2n) is 16.3. The highest BCUT2D eigenvalue weighted by molar-refractivity contribution is 5.98. The van der Waals surface area contributed by atoms with Crippen molar-refractivity contribution in [3.63, 3.8) is 0 Å². The smallest absolute Gasteiger partial charge is 0.410 e. The van der Waals surface area contributed by atoms with Crippen LogP contribution in [0.3, 0.4) is 0 Å². The van der Waals surface area contributed by atoms with E-state index in [-0.39, 0.29) is 42.3 Å². The highest BCUT2D eigenvalue weighted by Crippen LogP contribution is 2.28. The predicted octanol–water partition coefficient (Wildman–Crippen LogP) is 6.52. The Morgan fingerprint density at radius 1 is 0.712 bits per heavy atom. The number of piperidine rings is 2. The molecule has 0 aromatic heterocycles. The Labute approximate surface area is 346 Å². The minimum Gasteiger partial charge on any atom is -0.445 e. The average Bonchev–Trinajstić information content (AvgIpc) is 3.29. The van der Waals surface area contributed by atoms with Crippen LogP contribution < -0.4 is 16.0 Å². The maximum absolute atomic E-state index is 14.8. The lowest BCUT2D eigenvalue weighted by molar-refractivity contribution is -0.145. The number of hydrogen-bond donors (Lipinski definition) is 3. The molecule has 59 heavy (non-hydrogen) atoms. The molecule has 0 radical (unpaired) electrons. The third kappa shape index (κ3) is 9.83. The summed E-state index contributed by atoms with van der Waals surface area (Å²) >= 11 is 0. The van der Waals surface area contributed by atoms with Gasteiger partial charge in [0.05, 0.1) is 12.0 Å². The normalized spacial score (nSPS) is 20.3. The molecule has 3 fully saturated rings. The molecule has 0 saturated carbocycles. The van der Waals surface area contributed by atoms with Crippen LogP contribution in [0.2, 0.25) is 0 Å². The van der Waals surface area contributed by atoms with Crippen LogP contribution in [0.25, 0.3) is 21.9 Å². The molecule has 3 aliphatic heterocycles. The number of likely N-dealkylation sites (tertiary alicyclic amines) is 1. The molecule has 4 atom stereocenters. The van der Waals surface area contributed by atoms with Gasteiger partial charge in [-0.3, -0.25) is 14.4 Å². The van der Waals surface area contributed by atoms with Crippen LogP contribution in [0, 0.1) is 11.8 Å². The molecule has 10 nitrogen and oxygen atoms in total. The number of rotatable bonds is 12.